The Morgan fingerprint density at radius 3 is 1.33 bits per heavy atom. The standard InChI is InChI=1S/C47H86O4/c1-3-5-7-9-11-13-15-17-19-21-23-25-27-29-31-33-35-37-39-41-43-50-45-46(44-48)51-47(49)42-40-38-36-34-32-30-28-26-24-22-20-18-16-14-12-10-8-6-4-2/h6,8,12,14,18,20,24,26,46,48H,3-5,7,9-11,13,15-17,19,21-23,25,27-45H2,1-2H3/b8-6-,14-12-,20-18-,26-24-. The highest BCUT2D eigenvalue weighted by Gasteiger charge is 2.13. The number of unbranched alkanes of at least 4 members (excludes halogenated alkanes) is 25. The highest BCUT2D eigenvalue weighted by atomic mass is 16.6. The molecule has 1 N–H and O–H groups in total. The van der Waals surface area contributed by atoms with Crippen molar-refractivity contribution < 1.29 is 19.4 Å². The monoisotopic (exact) mass is 715 g/mol. The molecule has 0 aliphatic rings. The number of hydrogen-bond acceptors (Lipinski definition) is 4. The van der Waals surface area contributed by atoms with Crippen LogP contribution in [0.1, 0.15) is 219 Å². The molecule has 4 nitrogen and oxygen atoms in total. The number of ether oxygens (including phenoxy) is 2. The van der Waals surface area contributed by atoms with E-state index >= 15 is 0 Å². The lowest BCUT2D eigenvalue weighted by Gasteiger charge is -2.16. The molecule has 0 saturated heterocycles. The third-order valence-corrected chi connectivity index (χ3v) is 9.67. The second-order valence-corrected chi connectivity index (χ2v) is 14.7. The molecule has 298 valence electrons. The number of esters is 1. The van der Waals surface area contributed by atoms with Crippen molar-refractivity contribution in [2.24, 2.45) is 0 Å². The van der Waals surface area contributed by atoms with Gasteiger partial charge in [0.2, 0.25) is 0 Å². The van der Waals surface area contributed by atoms with Crippen molar-refractivity contribution >= 4 is 5.97 Å². The summed E-state index contributed by atoms with van der Waals surface area (Å²) in [6.45, 7) is 5.25. The number of carbonyl (C=O) groups is 1. The quantitative estimate of drug-likeness (QED) is 0.0389. The lowest BCUT2D eigenvalue weighted by atomic mass is 10.0. The van der Waals surface area contributed by atoms with Crippen molar-refractivity contribution in [1.29, 1.82) is 0 Å². The summed E-state index contributed by atoms with van der Waals surface area (Å²) in [6.07, 6.45) is 57.5. The van der Waals surface area contributed by atoms with Crippen LogP contribution in [0.25, 0.3) is 0 Å². The van der Waals surface area contributed by atoms with E-state index in [9.17, 15) is 9.90 Å². The topological polar surface area (TPSA) is 55.8 Å². The van der Waals surface area contributed by atoms with E-state index in [4.69, 9.17) is 9.47 Å². The number of hydrogen-bond donors (Lipinski definition) is 1. The van der Waals surface area contributed by atoms with Crippen LogP contribution in [0.5, 0.6) is 0 Å². The van der Waals surface area contributed by atoms with Gasteiger partial charge in [-0.3, -0.25) is 4.79 Å². The smallest absolute Gasteiger partial charge is 0.306 e. The van der Waals surface area contributed by atoms with Crippen LogP contribution in [0.2, 0.25) is 0 Å². The first-order chi connectivity index (χ1) is 25.2. The predicted molar refractivity (Wildman–Crippen MR) is 223 cm³/mol. The number of rotatable bonds is 41. The molecule has 4 heteroatoms. The van der Waals surface area contributed by atoms with Crippen LogP contribution in [0.3, 0.4) is 0 Å². The summed E-state index contributed by atoms with van der Waals surface area (Å²) in [4.78, 5) is 12.2. The SMILES string of the molecule is CC/C=C\C/C=C\C/C=C\C/C=C\CCCCCCCCC(=O)OC(CO)COCCCCCCCCCCCCCCCCCCCCCC. The van der Waals surface area contributed by atoms with Crippen molar-refractivity contribution in [1.82, 2.24) is 0 Å². The lowest BCUT2D eigenvalue weighted by molar-refractivity contribution is -0.154. The summed E-state index contributed by atoms with van der Waals surface area (Å²) in [5.41, 5.74) is 0. The summed E-state index contributed by atoms with van der Waals surface area (Å²) in [7, 11) is 0. The number of carbonyl (C=O) groups excluding carboxylic acids is 1. The molecular formula is C47H86O4. The molecule has 0 aromatic rings. The van der Waals surface area contributed by atoms with Gasteiger partial charge in [0.25, 0.3) is 0 Å². The van der Waals surface area contributed by atoms with Crippen LogP contribution in [-0.4, -0.2) is 37.0 Å². The largest absolute Gasteiger partial charge is 0.457 e. The zero-order chi connectivity index (χ0) is 37.0. The van der Waals surface area contributed by atoms with Crippen LogP contribution in [0.15, 0.2) is 48.6 Å². The zero-order valence-electron chi connectivity index (χ0n) is 34.1. The van der Waals surface area contributed by atoms with E-state index in [-0.39, 0.29) is 12.6 Å². The molecule has 0 radical (unpaired) electrons. The summed E-state index contributed by atoms with van der Waals surface area (Å²) in [5, 5.41) is 9.61. The second kappa shape index (κ2) is 44.5. The van der Waals surface area contributed by atoms with Crippen molar-refractivity contribution in [3.63, 3.8) is 0 Å². The minimum Gasteiger partial charge on any atom is -0.457 e. The van der Waals surface area contributed by atoms with Crippen molar-refractivity contribution in [2.75, 3.05) is 19.8 Å². The van der Waals surface area contributed by atoms with Gasteiger partial charge in [-0.05, 0) is 51.4 Å². The summed E-state index contributed by atoms with van der Waals surface area (Å²) < 4.78 is 11.2. The van der Waals surface area contributed by atoms with Gasteiger partial charge in [0.05, 0.1) is 13.2 Å². The maximum Gasteiger partial charge on any atom is 0.306 e. The Morgan fingerprint density at radius 2 is 0.882 bits per heavy atom. The van der Waals surface area contributed by atoms with Crippen LogP contribution in [-0.2, 0) is 14.3 Å². The molecule has 0 rings (SSSR count). The highest BCUT2D eigenvalue weighted by Crippen LogP contribution is 2.15. The molecule has 1 unspecified atom stereocenters. The van der Waals surface area contributed by atoms with E-state index in [0.29, 0.717) is 19.6 Å². The van der Waals surface area contributed by atoms with E-state index in [1.165, 1.54) is 141 Å². The third kappa shape index (κ3) is 42.7. The average Bonchev–Trinajstić information content (AvgIpc) is 3.14. The fraction of sp³-hybridized carbons (Fsp3) is 0.809. The highest BCUT2D eigenvalue weighted by molar-refractivity contribution is 5.69. The summed E-state index contributed by atoms with van der Waals surface area (Å²) >= 11 is 0. The number of aliphatic hydroxyl groups is 1. The molecule has 0 saturated carbocycles. The number of aliphatic hydroxyl groups excluding tert-OH is 1. The van der Waals surface area contributed by atoms with E-state index in [2.05, 4.69) is 62.5 Å². The molecular weight excluding hydrogens is 629 g/mol. The molecule has 0 aliphatic heterocycles. The van der Waals surface area contributed by atoms with Crippen molar-refractivity contribution in [3.05, 3.63) is 48.6 Å². The number of allylic oxidation sites excluding steroid dienone is 8. The fourth-order valence-corrected chi connectivity index (χ4v) is 6.38. The van der Waals surface area contributed by atoms with Gasteiger partial charge >= 0.3 is 5.97 Å². The molecule has 0 aromatic heterocycles. The van der Waals surface area contributed by atoms with Crippen LogP contribution < -0.4 is 0 Å². The zero-order valence-corrected chi connectivity index (χ0v) is 34.1. The average molecular weight is 715 g/mol. The van der Waals surface area contributed by atoms with Crippen molar-refractivity contribution in [3.8, 4) is 0 Å². The van der Waals surface area contributed by atoms with Gasteiger partial charge in [-0.2, -0.15) is 0 Å². The van der Waals surface area contributed by atoms with Gasteiger partial charge in [-0.25, -0.2) is 0 Å². The molecule has 0 spiro atoms. The Bertz CT molecular complexity index is 798. The van der Waals surface area contributed by atoms with Gasteiger partial charge in [-0.15, -0.1) is 0 Å². The van der Waals surface area contributed by atoms with Gasteiger partial charge in [0, 0.05) is 13.0 Å². The lowest BCUT2D eigenvalue weighted by Crippen LogP contribution is -2.27. The minimum atomic E-state index is -0.541. The minimum absolute atomic E-state index is 0.176. The first-order valence-electron chi connectivity index (χ1n) is 22.2. The normalized spacial score (nSPS) is 12.8. The van der Waals surface area contributed by atoms with E-state index in [1.807, 2.05) is 0 Å². The van der Waals surface area contributed by atoms with Crippen LogP contribution in [0, 0.1) is 0 Å². The molecule has 0 heterocycles. The summed E-state index contributed by atoms with van der Waals surface area (Å²) in [6, 6.07) is 0. The predicted octanol–water partition coefficient (Wildman–Crippen LogP) is 14.7. The first-order valence-corrected chi connectivity index (χ1v) is 22.2. The Labute approximate surface area is 318 Å². The Balaban J connectivity index is 3.43. The molecule has 1 atom stereocenters. The van der Waals surface area contributed by atoms with Crippen LogP contribution in [0.4, 0.5) is 0 Å². The third-order valence-electron chi connectivity index (χ3n) is 9.67. The van der Waals surface area contributed by atoms with E-state index in [1.54, 1.807) is 0 Å². The summed E-state index contributed by atoms with van der Waals surface area (Å²) in [5.74, 6) is -0.212. The maximum atomic E-state index is 12.2. The molecule has 0 bridgehead atoms. The molecule has 51 heavy (non-hydrogen) atoms. The van der Waals surface area contributed by atoms with E-state index in [0.717, 1.165) is 57.8 Å². The fourth-order valence-electron chi connectivity index (χ4n) is 6.38. The van der Waals surface area contributed by atoms with Gasteiger partial charge in [0.15, 0.2) is 0 Å². The molecule has 0 aliphatic carbocycles. The first kappa shape index (κ1) is 49.4. The second-order valence-electron chi connectivity index (χ2n) is 14.7. The Hall–Kier alpha value is -1.65. The molecule has 0 amide bonds. The van der Waals surface area contributed by atoms with Gasteiger partial charge in [-0.1, -0.05) is 210 Å². The molecule has 0 aromatic carbocycles. The van der Waals surface area contributed by atoms with Crippen LogP contribution >= 0.6 is 0 Å². The Morgan fingerprint density at radius 1 is 0.490 bits per heavy atom. The van der Waals surface area contributed by atoms with Gasteiger partial charge in [0.1, 0.15) is 6.10 Å². The van der Waals surface area contributed by atoms with Crippen molar-refractivity contribution in [2.45, 2.75) is 225 Å². The Kier molecular flexibility index (Phi) is 43.1. The molecule has 0 fully saturated rings. The maximum absolute atomic E-state index is 12.2. The van der Waals surface area contributed by atoms with E-state index < -0.39 is 6.10 Å². The van der Waals surface area contributed by atoms with Gasteiger partial charge < -0.3 is 14.6 Å².